The summed E-state index contributed by atoms with van der Waals surface area (Å²) in [7, 11) is 0. The lowest BCUT2D eigenvalue weighted by Crippen LogP contribution is -2.42. The molecule has 142 valence electrons. The molecule has 2 N–H and O–H groups in total. The Morgan fingerprint density at radius 3 is 2.30 bits per heavy atom. The van der Waals surface area contributed by atoms with E-state index in [0.29, 0.717) is 5.69 Å². The topological polar surface area (TPSA) is 84.5 Å². The third-order valence-electron chi connectivity index (χ3n) is 3.59. The molecular formula is C19H18ClFN2O4. The maximum atomic E-state index is 12.9. The second kappa shape index (κ2) is 9.14. The van der Waals surface area contributed by atoms with E-state index in [-0.39, 0.29) is 10.6 Å². The Hall–Kier alpha value is -2.93. The number of carbonyl (C=O) groups excluding carboxylic acids is 3. The lowest BCUT2D eigenvalue weighted by molar-refractivity contribution is -0.154. The van der Waals surface area contributed by atoms with Gasteiger partial charge in [0.05, 0.1) is 10.6 Å². The van der Waals surface area contributed by atoms with E-state index in [9.17, 15) is 18.8 Å². The van der Waals surface area contributed by atoms with Crippen molar-refractivity contribution in [1.29, 1.82) is 0 Å². The number of hydrogen-bond donors (Lipinski definition) is 2. The van der Waals surface area contributed by atoms with Crippen molar-refractivity contribution < 1.29 is 23.5 Å². The lowest BCUT2D eigenvalue weighted by atomic mass is 10.2. The highest BCUT2D eigenvalue weighted by Crippen LogP contribution is 2.15. The molecule has 2 amide bonds. The molecular weight excluding hydrogens is 375 g/mol. The Kier molecular flexibility index (Phi) is 6.90. The average Bonchev–Trinajstić information content (AvgIpc) is 2.63. The van der Waals surface area contributed by atoms with Gasteiger partial charge in [0.25, 0.3) is 11.8 Å². The molecule has 0 bridgehead atoms. The Morgan fingerprint density at radius 2 is 1.67 bits per heavy atom. The number of halogens is 2. The molecule has 0 aliphatic heterocycles. The molecule has 2 aromatic rings. The number of carbonyl (C=O) groups is 3. The first kappa shape index (κ1) is 20.4. The maximum Gasteiger partial charge on any atom is 0.329 e. The van der Waals surface area contributed by atoms with Crippen LogP contribution in [0.5, 0.6) is 0 Å². The van der Waals surface area contributed by atoms with Crippen LogP contribution in [0.25, 0.3) is 0 Å². The average molecular weight is 393 g/mol. The first-order valence-corrected chi connectivity index (χ1v) is 8.48. The number of benzene rings is 2. The van der Waals surface area contributed by atoms with Crippen LogP contribution in [0.4, 0.5) is 10.1 Å². The zero-order valence-electron chi connectivity index (χ0n) is 14.7. The van der Waals surface area contributed by atoms with E-state index < -0.39 is 35.7 Å². The van der Waals surface area contributed by atoms with Gasteiger partial charge in [-0.1, -0.05) is 23.7 Å². The van der Waals surface area contributed by atoms with Crippen LogP contribution in [-0.2, 0) is 14.3 Å². The minimum Gasteiger partial charge on any atom is -0.451 e. The Balaban J connectivity index is 1.89. The van der Waals surface area contributed by atoms with Crippen molar-refractivity contribution in [2.45, 2.75) is 26.0 Å². The summed E-state index contributed by atoms with van der Waals surface area (Å²) in [6.07, 6.45) is -1.11. The summed E-state index contributed by atoms with van der Waals surface area (Å²) in [6.45, 7) is 2.82. The van der Waals surface area contributed by atoms with Crippen molar-refractivity contribution >= 4 is 35.1 Å². The molecule has 0 heterocycles. The maximum absolute atomic E-state index is 12.9. The van der Waals surface area contributed by atoms with Gasteiger partial charge in [-0.15, -0.1) is 0 Å². The zero-order chi connectivity index (χ0) is 20.0. The van der Waals surface area contributed by atoms with E-state index >= 15 is 0 Å². The highest BCUT2D eigenvalue weighted by atomic mass is 35.5. The predicted molar refractivity (Wildman–Crippen MR) is 99.0 cm³/mol. The van der Waals surface area contributed by atoms with Crippen LogP contribution >= 0.6 is 11.6 Å². The summed E-state index contributed by atoms with van der Waals surface area (Å²) in [6, 6.07) is 10.6. The van der Waals surface area contributed by atoms with E-state index in [0.717, 1.165) is 0 Å². The number of esters is 1. The van der Waals surface area contributed by atoms with Crippen molar-refractivity contribution in [3.05, 3.63) is 64.9 Å². The van der Waals surface area contributed by atoms with Gasteiger partial charge in [-0.2, -0.15) is 0 Å². The molecule has 0 unspecified atom stereocenters. The van der Waals surface area contributed by atoms with Gasteiger partial charge in [0.2, 0.25) is 0 Å². The highest BCUT2D eigenvalue weighted by molar-refractivity contribution is 6.33. The number of anilines is 1. The number of hydrogen-bond acceptors (Lipinski definition) is 4. The van der Waals surface area contributed by atoms with Crippen molar-refractivity contribution in [3.8, 4) is 0 Å². The molecule has 0 saturated carbocycles. The summed E-state index contributed by atoms with van der Waals surface area (Å²) < 4.78 is 17.9. The van der Waals surface area contributed by atoms with E-state index in [1.165, 1.54) is 44.2 Å². The van der Waals surface area contributed by atoms with E-state index in [4.69, 9.17) is 16.3 Å². The minimum absolute atomic E-state index is 0.223. The van der Waals surface area contributed by atoms with Gasteiger partial charge in [0, 0.05) is 5.69 Å². The molecule has 0 radical (unpaired) electrons. The van der Waals surface area contributed by atoms with Crippen molar-refractivity contribution in [2.24, 2.45) is 0 Å². The molecule has 2 atom stereocenters. The summed E-state index contributed by atoms with van der Waals surface area (Å²) >= 11 is 5.94. The molecule has 0 saturated heterocycles. The molecule has 0 aliphatic carbocycles. The van der Waals surface area contributed by atoms with Gasteiger partial charge >= 0.3 is 5.97 Å². The van der Waals surface area contributed by atoms with Gasteiger partial charge in [0.1, 0.15) is 11.9 Å². The standard InChI is InChI=1S/C19H18ClFN2O4/c1-11(22-18(25)15-5-3-4-6-16(15)20)19(26)27-12(2)17(24)23-14-9-7-13(21)8-10-14/h3-12H,1-2H3,(H,22,25)(H,23,24)/t11-,12-/m0/s1. The Bertz CT molecular complexity index is 842. The predicted octanol–water partition coefficient (Wildman–Crippen LogP) is 3.17. The van der Waals surface area contributed by atoms with Crippen LogP contribution in [0.3, 0.4) is 0 Å². The summed E-state index contributed by atoms with van der Waals surface area (Å²) in [5.74, 6) is -2.33. The summed E-state index contributed by atoms with van der Waals surface area (Å²) in [5.41, 5.74) is 0.588. The Morgan fingerprint density at radius 1 is 1.04 bits per heavy atom. The molecule has 0 spiro atoms. The molecule has 0 aliphatic rings. The first-order chi connectivity index (χ1) is 12.8. The fraction of sp³-hybridized carbons (Fsp3) is 0.211. The summed E-state index contributed by atoms with van der Waals surface area (Å²) in [5, 5.41) is 5.22. The molecule has 2 aromatic carbocycles. The molecule has 6 nitrogen and oxygen atoms in total. The fourth-order valence-electron chi connectivity index (χ4n) is 2.09. The van der Waals surface area contributed by atoms with Crippen LogP contribution in [0.2, 0.25) is 5.02 Å². The van der Waals surface area contributed by atoms with E-state index in [1.54, 1.807) is 18.2 Å². The van der Waals surface area contributed by atoms with E-state index in [1.807, 2.05) is 0 Å². The summed E-state index contributed by atoms with van der Waals surface area (Å²) in [4.78, 5) is 36.3. The number of ether oxygens (including phenoxy) is 1. The Labute approximate surface area is 160 Å². The van der Waals surface area contributed by atoms with Gasteiger partial charge in [-0.3, -0.25) is 9.59 Å². The number of amides is 2. The smallest absolute Gasteiger partial charge is 0.329 e. The van der Waals surface area contributed by atoms with Crippen molar-refractivity contribution in [1.82, 2.24) is 5.32 Å². The SMILES string of the molecule is C[C@H](NC(=O)c1ccccc1Cl)C(=O)O[C@@H](C)C(=O)Nc1ccc(F)cc1. The molecule has 2 rings (SSSR count). The molecule has 27 heavy (non-hydrogen) atoms. The number of nitrogens with one attached hydrogen (secondary N) is 2. The van der Waals surface area contributed by atoms with Gasteiger partial charge in [-0.25, -0.2) is 9.18 Å². The second-order valence-corrected chi connectivity index (χ2v) is 6.16. The quantitative estimate of drug-likeness (QED) is 0.739. The van der Waals surface area contributed by atoms with Gasteiger partial charge in [0.15, 0.2) is 6.10 Å². The molecule has 0 fully saturated rings. The molecule has 8 heteroatoms. The van der Waals surface area contributed by atoms with Crippen LogP contribution in [0.15, 0.2) is 48.5 Å². The van der Waals surface area contributed by atoms with Crippen molar-refractivity contribution in [2.75, 3.05) is 5.32 Å². The van der Waals surface area contributed by atoms with Gasteiger partial charge in [-0.05, 0) is 50.2 Å². The molecule has 0 aromatic heterocycles. The fourth-order valence-corrected chi connectivity index (χ4v) is 2.31. The van der Waals surface area contributed by atoms with Crippen LogP contribution in [-0.4, -0.2) is 29.9 Å². The second-order valence-electron chi connectivity index (χ2n) is 5.75. The van der Waals surface area contributed by atoms with E-state index in [2.05, 4.69) is 10.6 Å². The van der Waals surface area contributed by atoms with Crippen LogP contribution < -0.4 is 10.6 Å². The number of rotatable bonds is 6. The van der Waals surface area contributed by atoms with Crippen LogP contribution in [0.1, 0.15) is 24.2 Å². The normalized spacial score (nSPS) is 12.6. The largest absolute Gasteiger partial charge is 0.451 e. The van der Waals surface area contributed by atoms with Crippen LogP contribution in [0, 0.1) is 5.82 Å². The van der Waals surface area contributed by atoms with Crippen molar-refractivity contribution in [3.63, 3.8) is 0 Å². The monoisotopic (exact) mass is 392 g/mol. The third-order valence-corrected chi connectivity index (χ3v) is 3.92. The highest BCUT2D eigenvalue weighted by Gasteiger charge is 2.24. The zero-order valence-corrected chi connectivity index (χ0v) is 15.4. The van der Waals surface area contributed by atoms with Gasteiger partial charge < -0.3 is 15.4 Å². The first-order valence-electron chi connectivity index (χ1n) is 8.10. The third kappa shape index (κ3) is 5.79. The minimum atomic E-state index is -1.11. The lowest BCUT2D eigenvalue weighted by Gasteiger charge is -2.18.